The van der Waals surface area contributed by atoms with Gasteiger partial charge >= 0.3 is 35.5 Å². The van der Waals surface area contributed by atoms with Crippen molar-refractivity contribution in [1.29, 1.82) is 0 Å². The number of hydrogen-bond donors (Lipinski definition) is 1. The molecule has 0 bridgehead atoms. The zero-order valence-corrected chi connectivity index (χ0v) is 12.4. The quantitative estimate of drug-likeness (QED) is 0.583. The number of carboxylic acid groups (broad SMARTS) is 1. The predicted octanol–water partition coefficient (Wildman–Crippen LogP) is -0.787. The van der Waals surface area contributed by atoms with E-state index in [0.717, 1.165) is 0 Å². The summed E-state index contributed by atoms with van der Waals surface area (Å²) in [4.78, 5) is 14.8. The summed E-state index contributed by atoms with van der Waals surface area (Å²) in [6, 6.07) is 12.7. The Balaban J connectivity index is 0.00000180. The van der Waals surface area contributed by atoms with Crippen LogP contribution in [0.2, 0.25) is 0 Å². The van der Waals surface area contributed by atoms with Crippen LogP contribution in [-0.2, 0) is 0 Å². The maximum atomic E-state index is 11.4. The van der Waals surface area contributed by atoms with Gasteiger partial charge in [-0.3, -0.25) is 4.99 Å². The Morgan fingerprint density at radius 2 is 1.74 bits per heavy atom. The Morgan fingerprint density at radius 1 is 1.11 bits per heavy atom. The monoisotopic (exact) mass is 263 g/mol. The van der Waals surface area contributed by atoms with E-state index in [2.05, 4.69) is 4.99 Å². The molecule has 0 fully saturated rings. The third kappa shape index (κ3) is 4.21. The van der Waals surface area contributed by atoms with Crippen LogP contribution in [0.15, 0.2) is 53.5 Å². The van der Waals surface area contributed by atoms with Crippen molar-refractivity contribution in [3.8, 4) is 5.75 Å². The maximum absolute atomic E-state index is 11.4. The van der Waals surface area contributed by atoms with E-state index in [-0.39, 0.29) is 40.9 Å². The normalized spacial score (nSPS) is 10.1. The number of rotatable bonds is 3. The average molecular weight is 263 g/mol. The standard InChI is InChI=1S/C14H11NO3.Na/c16-13-4-2-1-3-11(13)9-15-12-7-5-10(6-8-12)14(17)18;/h1-9,16H,(H,17,18);/q;+1/p-1. The second-order valence-electron chi connectivity index (χ2n) is 3.65. The summed E-state index contributed by atoms with van der Waals surface area (Å²) in [7, 11) is 0. The number of carboxylic acids is 1. The minimum atomic E-state index is -0.976. The summed E-state index contributed by atoms with van der Waals surface area (Å²) < 4.78 is 0. The molecule has 0 spiro atoms. The number of carbonyl (C=O) groups is 1. The Morgan fingerprint density at radius 3 is 2.32 bits per heavy atom. The summed E-state index contributed by atoms with van der Waals surface area (Å²) in [5.41, 5.74) is 1.31. The van der Waals surface area contributed by atoms with Gasteiger partial charge < -0.3 is 10.2 Å². The molecule has 0 saturated heterocycles. The van der Waals surface area contributed by atoms with Crippen LogP contribution in [0.25, 0.3) is 0 Å². The second kappa shape index (κ2) is 7.09. The van der Waals surface area contributed by atoms with Gasteiger partial charge in [-0.2, -0.15) is 0 Å². The van der Waals surface area contributed by atoms with E-state index < -0.39 is 5.97 Å². The van der Waals surface area contributed by atoms with Crippen molar-refractivity contribution < 1.29 is 44.6 Å². The molecule has 19 heavy (non-hydrogen) atoms. The minimum absolute atomic E-state index is 0. The van der Waals surface area contributed by atoms with Crippen LogP contribution in [-0.4, -0.2) is 17.3 Å². The first-order valence-electron chi connectivity index (χ1n) is 5.30. The number of hydrogen-bond acceptors (Lipinski definition) is 3. The Kier molecular flexibility index (Phi) is 5.76. The predicted molar refractivity (Wildman–Crippen MR) is 66.5 cm³/mol. The molecule has 0 atom stereocenters. The van der Waals surface area contributed by atoms with Gasteiger partial charge in [-0.15, -0.1) is 5.75 Å². The smallest absolute Gasteiger partial charge is 0.872 e. The molecule has 2 rings (SSSR count). The minimum Gasteiger partial charge on any atom is -0.872 e. The van der Waals surface area contributed by atoms with Gasteiger partial charge in [0.25, 0.3) is 0 Å². The zero-order chi connectivity index (χ0) is 13.0. The fourth-order valence-corrected chi connectivity index (χ4v) is 1.42. The van der Waals surface area contributed by atoms with Crippen molar-refractivity contribution in [3.05, 3.63) is 59.7 Å². The molecule has 2 aromatic carbocycles. The third-order valence-electron chi connectivity index (χ3n) is 2.39. The van der Waals surface area contributed by atoms with E-state index in [9.17, 15) is 9.90 Å². The molecule has 0 aromatic heterocycles. The summed E-state index contributed by atoms with van der Waals surface area (Å²) >= 11 is 0. The molecule has 5 heteroatoms. The van der Waals surface area contributed by atoms with E-state index in [1.165, 1.54) is 24.4 Å². The molecule has 0 unspecified atom stereocenters. The maximum Gasteiger partial charge on any atom is 1.00 e. The van der Waals surface area contributed by atoms with E-state index in [4.69, 9.17) is 5.11 Å². The second-order valence-corrected chi connectivity index (χ2v) is 3.65. The number of aromatic carboxylic acids is 1. The summed E-state index contributed by atoms with van der Waals surface area (Å²) in [5.74, 6) is -1.07. The zero-order valence-electron chi connectivity index (χ0n) is 10.4. The van der Waals surface area contributed by atoms with Crippen molar-refractivity contribution >= 4 is 17.9 Å². The molecule has 0 radical (unpaired) electrons. The van der Waals surface area contributed by atoms with E-state index in [1.807, 2.05) is 0 Å². The molecule has 0 aliphatic heterocycles. The fraction of sp³-hybridized carbons (Fsp3) is 0. The molecule has 0 aliphatic carbocycles. The summed E-state index contributed by atoms with van der Waals surface area (Å²) in [6.07, 6.45) is 1.47. The molecule has 2 aromatic rings. The van der Waals surface area contributed by atoms with E-state index in [0.29, 0.717) is 11.3 Å². The third-order valence-corrected chi connectivity index (χ3v) is 2.39. The van der Waals surface area contributed by atoms with Gasteiger partial charge in [0.15, 0.2) is 0 Å². The molecular formula is C14H10NNaO3. The molecular weight excluding hydrogens is 253 g/mol. The molecule has 1 N–H and O–H groups in total. The van der Waals surface area contributed by atoms with Crippen LogP contribution in [0.4, 0.5) is 5.69 Å². The van der Waals surface area contributed by atoms with Gasteiger partial charge in [0.2, 0.25) is 0 Å². The largest absolute Gasteiger partial charge is 1.00 e. The number of para-hydroxylation sites is 1. The number of benzene rings is 2. The number of aliphatic imine (C=N–C) groups is 1. The van der Waals surface area contributed by atoms with E-state index >= 15 is 0 Å². The molecule has 0 amide bonds. The molecule has 0 heterocycles. The van der Waals surface area contributed by atoms with Crippen LogP contribution in [0.1, 0.15) is 15.9 Å². The van der Waals surface area contributed by atoms with Crippen LogP contribution in [0, 0.1) is 0 Å². The first-order chi connectivity index (χ1) is 8.66. The first kappa shape index (κ1) is 15.4. The summed E-state index contributed by atoms with van der Waals surface area (Å²) in [6.45, 7) is 0. The van der Waals surface area contributed by atoms with Crippen LogP contribution in [0.3, 0.4) is 0 Å². The van der Waals surface area contributed by atoms with Gasteiger partial charge in [0, 0.05) is 6.21 Å². The molecule has 0 aliphatic rings. The number of nitrogens with zero attached hydrogens (tertiary/aromatic N) is 1. The van der Waals surface area contributed by atoms with Crippen molar-refractivity contribution in [3.63, 3.8) is 0 Å². The van der Waals surface area contributed by atoms with Crippen LogP contribution in [0.5, 0.6) is 5.75 Å². The van der Waals surface area contributed by atoms with Gasteiger partial charge in [0.1, 0.15) is 0 Å². The van der Waals surface area contributed by atoms with Crippen molar-refractivity contribution in [2.75, 3.05) is 0 Å². The molecule has 0 saturated carbocycles. The molecule has 4 nitrogen and oxygen atoms in total. The SMILES string of the molecule is O=C(O)c1ccc(N=Cc2ccccc2[O-])cc1.[Na+]. The molecule has 90 valence electrons. The van der Waals surface area contributed by atoms with Crippen molar-refractivity contribution in [2.24, 2.45) is 4.99 Å². The van der Waals surface area contributed by atoms with Crippen molar-refractivity contribution in [1.82, 2.24) is 0 Å². The van der Waals surface area contributed by atoms with Gasteiger partial charge in [-0.05, 0) is 29.8 Å². The van der Waals surface area contributed by atoms with E-state index in [1.54, 1.807) is 30.3 Å². The van der Waals surface area contributed by atoms with Crippen molar-refractivity contribution in [2.45, 2.75) is 0 Å². The summed E-state index contributed by atoms with van der Waals surface area (Å²) in [5, 5.41) is 20.2. The average Bonchev–Trinajstić information content (AvgIpc) is 2.38. The van der Waals surface area contributed by atoms with Gasteiger partial charge in [-0.25, -0.2) is 4.79 Å². The fourth-order valence-electron chi connectivity index (χ4n) is 1.42. The first-order valence-corrected chi connectivity index (χ1v) is 5.30. The Bertz CT molecular complexity index is 594. The topological polar surface area (TPSA) is 72.7 Å². The van der Waals surface area contributed by atoms with Gasteiger partial charge in [0.05, 0.1) is 11.3 Å². The van der Waals surface area contributed by atoms with Crippen LogP contribution < -0.4 is 34.7 Å². The Labute approximate surface area is 132 Å². The van der Waals surface area contributed by atoms with Crippen LogP contribution >= 0.6 is 0 Å². The van der Waals surface area contributed by atoms with Gasteiger partial charge in [-0.1, -0.05) is 24.3 Å². The Hall–Kier alpha value is -1.62.